The van der Waals surface area contributed by atoms with Crippen molar-refractivity contribution in [2.45, 2.75) is 0 Å². The van der Waals surface area contributed by atoms with Crippen LogP contribution in [0, 0.1) is 5.82 Å². The van der Waals surface area contributed by atoms with E-state index in [0.717, 1.165) is 18.2 Å². The summed E-state index contributed by atoms with van der Waals surface area (Å²) in [5.74, 6) is -1.85. The van der Waals surface area contributed by atoms with Crippen LogP contribution in [0.25, 0.3) is 0 Å². The average molecular weight is 200 g/mol. The summed E-state index contributed by atoms with van der Waals surface area (Å²) in [6.45, 7) is -0.320. The molecule has 76 valence electrons. The highest BCUT2D eigenvalue weighted by molar-refractivity contribution is 5.90. The van der Waals surface area contributed by atoms with Gasteiger partial charge in [-0.05, 0) is 12.1 Å². The van der Waals surface area contributed by atoms with Gasteiger partial charge in [0.25, 0.3) is 0 Å². The minimum Gasteiger partial charge on any atom is -0.490 e. The summed E-state index contributed by atoms with van der Waals surface area (Å²) >= 11 is 0. The van der Waals surface area contributed by atoms with Gasteiger partial charge in [-0.1, -0.05) is 0 Å². The molecule has 4 nitrogen and oxygen atoms in total. The number of carbonyl (C=O) groups is 1. The van der Waals surface area contributed by atoms with Gasteiger partial charge in [0, 0.05) is 6.07 Å². The fourth-order valence-electron chi connectivity index (χ4n) is 0.948. The summed E-state index contributed by atoms with van der Waals surface area (Å²) in [4.78, 5) is 10.6. The van der Waals surface area contributed by atoms with Crippen LogP contribution < -0.4 is 4.74 Å². The Kier molecular flexibility index (Phi) is 3.41. The van der Waals surface area contributed by atoms with Gasteiger partial charge in [0.1, 0.15) is 23.7 Å². The molecule has 1 rings (SSSR count). The van der Waals surface area contributed by atoms with E-state index < -0.39 is 11.8 Å². The van der Waals surface area contributed by atoms with Crippen molar-refractivity contribution in [2.75, 3.05) is 13.2 Å². The van der Waals surface area contributed by atoms with Crippen molar-refractivity contribution in [3.8, 4) is 5.75 Å². The van der Waals surface area contributed by atoms with Gasteiger partial charge in [0.05, 0.1) is 6.61 Å². The molecule has 0 heterocycles. The molecule has 0 amide bonds. The molecule has 0 aliphatic heterocycles. The number of carboxylic acid groups (broad SMARTS) is 1. The van der Waals surface area contributed by atoms with Crippen LogP contribution in [0.15, 0.2) is 18.2 Å². The Labute approximate surface area is 79.6 Å². The first-order valence-corrected chi connectivity index (χ1v) is 3.91. The molecule has 1 aromatic rings. The van der Waals surface area contributed by atoms with Crippen molar-refractivity contribution in [3.05, 3.63) is 29.6 Å². The van der Waals surface area contributed by atoms with Gasteiger partial charge in [-0.15, -0.1) is 0 Å². The third kappa shape index (κ3) is 2.43. The quantitative estimate of drug-likeness (QED) is 0.757. The minimum atomic E-state index is -1.20. The van der Waals surface area contributed by atoms with Crippen LogP contribution in [0.5, 0.6) is 5.75 Å². The first-order chi connectivity index (χ1) is 6.65. The van der Waals surface area contributed by atoms with E-state index in [2.05, 4.69) is 0 Å². The van der Waals surface area contributed by atoms with Crippen LogP contribution in [-0.4, -0.2) is 29.4 Å². The van der Waals surface area contributed by atoms with E-state index >= 15 is 0 Å². The van der Waals surface area contributed by atoms with Crippen molar-refractivity contribution in [1.82, 2.24) is 0 Å². The Morgan fingerprint density at radius 3 is 2.79 bits per heavy atom. The predicted molar refractivity (Wildman–Crippen MR) is 45.9 cm³/mol. The second-order valence-corrected chi connectivity index (χ2v) is 2.52. The smallest absolute Gasteiger partial charge is 0.339 e. The molecule has 0 saturated carbocycles. The average Bonchev–Trinajstić information content (AvgIpc) is 2.14. The SMILES string of the molecule is O=C(O)c1ccc(F)cc1OCCO. The van der Waals surface area contributed by atoms with Crippen LogP contribution in [0.2, 0.25) is 0 Å². The number of ether oxygens (including phenoxy) is 1. The first kappa shape index (κ1) is 10.5. The summed E-state index contributed by atoms with van der Waals surface area (Å²) < 4.78 is 17.6. The monoisotopic (exact) mass is 200 g/mol. The van der Waals surface area contributed by atoms with Crippen LogP contribution in [-0.2, 0) is 0 Å². The van der Waals surface area contributed by atoms with Gasteiger partial charge in [0.15, 0.2) is 0 Å². The van der Waals surface area contributed by atoms with E-state index in [1.807, 2.05) is 0 Å². The van der Waals surface area contributed by atoms with E-state index in [0.29, 0.717) is 0 Å². The highest BCUT2D eigenvalue weighted by atomic mass is 19.1. The number of benzene rings is 1. The molecule has 0 bridgehead atoms. The number of hydrogen-bond acceptors (Lipinski definition) is 3. The van der Waals surface area contributed by atoms with E-state index in [1.165, 1.54) is 0 Å². The maximum Gasteiger partial charge on any atom is 0.339 e. The largest absolute Gasteiger partial charge is 0.490 e. The van der Waals surface area contributed by atoms with Crippen molar-refractivity contribution >= 4 is 5.97 Å². The summed E-state index contributed by atoms with van der Waals surface area (Å²) in [7, 11) is 0. The molecular formula is C9H9FO4. The topological polar surface area (TPSA) is 66.8 Å². The lowest BCUT2D eigenvalue weighted by Crippen LogP contribution is -2.07. The third-order valence-electron chi connectivity index (χ3n) is 1.52. The summed E-state index contributed by atoms with van der Waals surface area (Å²) in [5.41, 5.74) is -0.125. The molecule has 0 aliphatic rings. The maximum atomic E-state index is 12.7. The lowest BCUT2D eigenvalue weighted by molar-refractivity contribution is 0.0690. The predicted octanol–water partition coefficient (Wildman–Crippen LogP) is 0.895. The zero-order valence-corrected chi connectivity index (χ0v) is 7.24. The third-order valence-corrected chi connectivity index (χ3v) is 1.52. The Morgan fingerprint density at radius 2 is 2.21 bits per heavy atom. The number of aromatic carboxylic acids is 1. The molecule has 0 radical (unpaired) electrons. The minimum absolute atomic E-state index is 0.0657. The molecule has 1 aromatic carbocycles. The molecule has 14 heavy (non-hydrogen) atoms. The van der Waals surface area contributed by atoms with E-state index in [4.69, 9.17) is 14.9 Å². The zero-order chi connectivity index (χ0) is 10.6. The van der Waals surface area contributed by atoms with Crippen molar-refractivity contribution < 1.29 is 24.1 Å². The maximum absolute atomic E-state index is 12.7. The van der Waals surface area contributed by atoms with Crippen molar-refractivity contribution in [3.63, 3.8) is 0 Å². The Morgan fingerprint density at radius 1 is 1.50 bits per heavy atom. The normalized spacial score (nSPS) is 9.86. The second kappa shape index (κ2) is 4.57. The van der Waals surface area contributed by atoms with Crippen molar-refractivity contribution in [1.29, 1.82) is 0 Å². The van der Waals surface area contributed by atoms with Gasteiger partial charge in [-0.25, -0.2) is 9.18 Å². The van der Waals surface area contributed by atoms with Crippen LogP contribution in [0.1, 0.15) is 10.4 Å². The summed E-state index contributed by atoms with van der Waals surface area (Å²) in [6, 6.07) is 3.12. The lowest BCUT2D eigenvalue weighted by atomic mass is 10.2. The van der Waals surface area contributed by atoms with Crippen LogP contribution in [0.4, 0.5) is 4.39 Å². The Bertz CT molecular complexity index is 338. The fourth-order valence-corrected chi connectivity index (χ4v) is 0.948. The van der Waals surface area contributed by atoms with E-state index in [1.54, 1.807) is 0 Å². The highest BCUT2D eigenvalue weighted by Gasteiger charge is 2.11. The summed E-state index contributed by atoms with van der Waals surface area (Å²) in [5, 5.41) is 17.2. The highest BCUT2D eigenvalue weighted by Crippen LogP contribution is 2.19. The zero-order valence-electron chi connectivity index (χ0n) is 7.24. The molecule has 0 spiro atoms. The standard InChI is InChI=1S/C9H9FO4/c10-6-1-2-7(9(12)13)8(5-6)14-4-3-11/h1-2,5,11H,3-4H2,(H,12,13). The van der Waals surface area contributed by atoms with Crippen LogP contribution >= 0.6 is 0 Å². The molecule has 0 unspecified atom stereocenters. The number of aliphatic hydroxyl groups is 1. The number of carboxylic acids is 1. The number of aliphatic hydroxyl groups excluding tert-OH is 1. The first-order valence-electron chi connectivity index (χ1n) is 3.91. The Hall–Kier alpha value is -1.62. The van der Waals surface area contributed by atoms with Crippen LogP contribution in [0.3, 0.4) is 0 Å². The fraction of sp³-hybridized carbons (Fsp3) is 0.222. The molecule has 0 aromatic heterocycles. The summed E-state index contributed by atoms with van der Waals surface area (Å²) in [6.07, 6.45) is 0. The van der Waals surface area contributed by atoms with E-state index in [9.17, 15) is 9.18 Å². The van der Waals surface area contributed by atoms with Gasteiger partial charge >= 0.3 is 5.97 Å². The number of hydrogen-bond donors (Lipinski definition) is 2. The molecular weight excluding hydrogens is 191 g/mol. The molecule has 0 aliphatic carbocycles. The molecule has 0 saturated heterocycles. The molecule has 0 fully saturated rings. The van der Waals surface area contributed by atoms with Gasteiger partial charge in [-0.3, -0.25) is 0 Å². The van der Waals surface area contributed by atoms with Crippen molar-refractivity contribution in [2.24, 2.45) is 0 Å². The van der Waals surface area contributed by atoms with Gasteiger partial charge in [0.2, 0.25) is 0 Å². The van der Waals surface area contributed by atoms with Gasteiger partial charge in [-0.2, -0.15) is 0 Å². The number of halogens is 1. The second-order valence-electron chi connectivity index (χ2n) is 2.52. The molecule has 2 N–H and O–H groups in total. The molecule has 5 heteroatoms. The molecule has 0 atom stereocenters. The van der Waals surface area contributed by atoms with E-state index in [-0.39, 0.29) is 24.5 Å². The number of rotatable bonds is 4. The Balaban J connectivity index is 2.97. The van der Waals surface area contributed by atoms with Gasteiger partial charge < -0.3 is 14.9 Å². The lowest BCUT2D eigenvalue weighted by Gasteiger charge is -2.07.